The van der Waals surface area contributed by atoms with Gasteiger partial charge in [0.1, 0.15) is 5.69 Å². The molecule has 0 saturated carbocycles. The van der Waals surface area contributed by atoms with Crippen LogP contribution in [0.25, 0.3) is 0 Å². The quantitative estimate of drug-likeness (QED) is 0.783. The van der Waals surface area contributed by atoms with Gasteiger partial charge in [-0.25, -0.2) is 4.79 Å². The van der Waals surface area contributed by atoms with Gasteiger partial charge in [0.15, 0.2) is 0 Å². The number of aromatic nitrogens is 2. The lowest BCUT2D eigenvalue weighted by atomic mass is 10.1. The van der Waals surface area contributed by atoms with Crippen LogP contribution in [0.2, 0.25) is 0 Å². The molecule has 1 aliphatic rings. The first kappa shape index (κ1) is 18.9. The normalized spacial score (nSPS) is 16.5. The zero-order chi connectivity index (χ0) is 19.4. The fourth-order valence-electron chi connectivity index (χ4n) is 3.33. The molecule has 0 atom stereocenters. The summed E-state index contributed by atoms with van der Waals surface area (Å²) in [7, 11) is 2.00. The molecule has 2 aromatic rings. The summed E-state index contributed by atoms with van der Waals surface area (Å²) in [5.74, 6) is -0.262. The fourth-order valence-corrected chi connectivity index (χ4v) is 3.33. The lowest BCUT2D eigenvalue weighted by molar-refractivity contribution is -0.116. The minimum atomic E-state index is -0.406. The Morgan fingerprint density at radius 3 is 2.56 bits per heavy atom. The molecule has 0 fully saturated rings. The monoisotopic (exact) mass is 371 g/mol. The van der Waals surface area contributed by atoms with Crippen molar-refractivity contribution in [2.75, 3.05) is 38.1 Å². The molecule has 0 aliphatic carbocycles. The third-order valence-electron chi connectivity index (χ3n) is 4.81. The number of fused-ring (bicyclic) bond motifs is 1. The van der Waals surface area contributed by atoms with Crippen molar-refractivity contribution >= 4 is 17.5 Å². The molecule has 1 aliphatic heterocycles. The predicted octanol–water partition coefficient (Wildman–Crippen LogP) is 1.03. The van der Waals surface area contributed by atoms with Gasteiger partial charge in [0.25, 0.3) is 5.91 Å². The van der Waals surface area contributed by atoms with Crippen LogP contribution >= 0.6 is 0 Å². The van der Waals surface area contributed by atoms with E-state index in [1.54, 1.807) is 16.7 Å². The summed E-state index contributed by atoms with van der Waals surface area (Å²) in [5, 5.41) is 0. The highest BCUT2D eigenvalue weighted by Crippen LogP contribution is 2.24. The van der Waals surface area contributed by atoms with Gasteiger partial charge in [0.05, 0.1) is 0 Å². The number of aromatic amines is 2. The van der Waals surface area contributed by atoms with Crippen molar-refractivity contribution < 1.29 is 9.59 Å². The molecule has 0 unspecified atom stereocenters. The standard InChI is InChI=1S/C19H25N5O3/c1-14(25)24-9-5-8-22(2)10-11-23(13-15-6-3-4-7-17(15)24)18(26)16-12-20-19(27)21-16/h3-4,6-7,12H,5,8-11,13H2,1-2H3,(H2,20,21,27). The lowest BCUT2D eigenvalue weighted by Gasteiger charge is -2.27. The number of H-pyrrole nitrogens is 2. The number of para-hydroxylation sites is 1. The molecule has 1 aromatic carbocycles. The number of nitrogens with zero attached hydrogens (tertiary/aromatic N) is 3. The van der Waals surface area contributed by atoms with Crippen molar-refractivity contribution in [3.8, 4) is 0 Å². The van der Waals surface area contributed by atoms with Gasteiger partial charge in [-0.15, -0.1) is 0 Å². The van der Waals surface area contributed by atoms with Gasteiger partial charge >= 0.3 is 5.69 Å². The van der Waals surface area contributed by atoms with Gasteiger partial charge in [-0.3, -0.25) is 9.59 Å². The van der Waals surface area contributed by atoms with E-state index in [2.05, 4.69) is 14.9 Å². The summed E-state index contributed by atoms with van der Waals surface area (Å²) >= 11 is 0. The Morgan fingerprint density at radius 2 is 1.85 bits per heavy atom. The maximum absolute atomic E-state index is 12.9. The summed E-state index contributed by atoms with van der Waals surface area (Å²) < 4.78 is 0. The van der Waals surface area contributed by atoms with Crippen molar-refractivity contribution in [1.29, 1.82) is 0 Å². The van der Waals surface area contributed by atoms with E-state index in [9.17, 15) is 14.4 Å². The van der Waals surface area contributed by atoms with Crippen LogP contribution in [0.3, 0.4) is 0 Å². The Morgan fingerprint density at radius 1 is 1.07 bits per heavy atom. The van der Waals surface area contributed by atoms with Gasteiger partial charge < -0.3 is 24.7 Å². The summed E-state index contributed by atoms with van der Waals surface area (Å²) in [6.45, 7) is 4.62. The Kier molecular flexibility index (Phi) is 5.75. The highest BCUT2D eigenvalue weighted by molar-refractivity contribution is 5.93. The molecule has 2 amide bonds. The molecule has 8 heteroatoms. The molecule has 2 N–H and O–H groups in total. The minimum Gasteiger partial charge on any atom is -0.332 e. The smallest absolute Gasteiger partial charge is 0.323 e. The largest absolute Gasteiger partial charge is 0.332 e. The molecule has 2 heterocycles. The average molecular weight is 371 g/mol. The number of amides is 2. The number of hydrogen-bond acceptors (Lipinski definition) is 4. The second-order valence-corrected chi connectivity index (χ2v) is 6.84. The Bertz CT molecular complexity index is 872. The maximum Gasteiger partial charge on any atom is 0.323 e. The first-order valence-electron chi connectivity index (χ1n) is 9.07. The number of nitrogens with one attached hydrogen (secondary N) is 2. The van der Waals surface area contributed by atoms with Gasteiger partial charge in [0, 0.05) is 45.0 Å². The fraction of sp³-hybridized carbons (Fsp3) is 0.421. The first-order chi connectivity index (χ1) is 13.0. The van der Waals surface area contributed by atoms with Crippen LogP contribution in [0.15, 0.2) is 35.3 Å². The van der Waals surface area contributed by atoms with Crippen LogP contribution in [0, 0.1) is 0 Å². The van der Waals surface area contributed by atoms with Crippen molar-refractivity contribution in [2.24, 2.45) is 0 Å². The van der Waals surface area contributed by atoms with Crippen LogP contribution < -0.4 is 10.6 Å². The number of carbonyl (C=O) groups is 2. The number of carbonyl (C=O) groups excluding carboxylic acids is 2. The van der Waals surface area contributed by atoms with E-state index < -0.39 is 5.69 Å². The third-order valence-corrected chi connectivity index (χ3v) is 4.81. The van der Waals surface area contributed by atoms with E-state index in [-0.39, 0.29) is 17.5 Å². The summed E-state index contributed by atoms with van der Waals surface area (Å²) in [6, 6.07) is 7.66. The molecule has 1 aromatic heterocycles. The van der Waals surface area contributed by atoms with Crippen molar-refractivity contribution in [1.82, 2.24) is 19.8 Å². The number of anilines is 1. The predicted molar refractivity (Wildman–Crippen MR) is 103 cm³/mol. The maximum atomic E-state index is 12.9. The van der Waals surface area contributed by atoms with Crippen molar-refractivity contribution in [3.63, 3.8) is 0 Å². The van der Waals surface area contributed by atoms with Gasteiger partial charge in [-0.2, -0.15) is 0 Å². The summed E-state index contributed by atoms with van der Waals surface area (Å²) in [4.78, 5) is 47.2. The molecular weight excluding hydrogens is 346 g/mol. The molecular formula is C19H25N5O3. The number of rotatable bonds is 1. The van der Waals surface area contributed by atoms with Crippen LogP contribution in [0.4, 0.5) is 5.69 Å². The molecule has 0 bridgehead atoms. The van der Waals surface area contributed by atoms with E-state index in [4.69, 9.17) is 0 Å². The lowest BCUT2D eigenvalue weighted by Crippen LogP contribution is -2.37. The molecule has 27 heavy (non-hydrogen) atoms. The molecule has 0 spiro atoms. The summed E-state index contributed by atoms with van der Waals surface area (Å²) in [5.41, 5.74) is 1.56. The van der Waals surface area contributed by atoms with E-state index in [0.717, 1.165) is 24.2 Å². The second-order valence-electron chi connectivity index (χ2n) is 6.84. The summed E-state index contributed by atoms with van der Waals surface area (Å²) in [6.07, 6.45) is 2.25. The highest BCUT2D eigenvalue weighted by atomic mass is 16.2. The van der Waals surface area contributed by atoms with Gasteiger partial charge in [-0.05, 0) is 31.6 Å². The van der Waals surface area contributed by atoms with Crippen molar-refractivity contribution in [2.45, 2.75) is 19.9 Å². The zero-order valence-electron chi connectivity index (χ0n) is 15.7. The molecule has 144 valence electrons. The van der Waals surface area contributed by atoms with E-state index in [1.165, 1.54) is 6.20 Å². The number of imidazole rings is 1. The Balaban J connectivity index is 1.97. The number of benzene rings is 1. The van der Waals surface area contributed by atoms with Gasteiger partial charge in [0.2, 0.25) is 5.91 Å². The molecule has 0 radical (unpaired) electrons. The van der Waals surface area contributed by atoms with Crippen LogP contribution in [0.5, 0.6) is 0 Å². The van der Waals surface area contributed by atoms with E-state index in [1.807, 2.05) is 31.3 Å². The van der Waals surface area contributed by atoms with E-state index in [0.29, 0.717) is 26.2 Å². The Labute approximate surface area is 157 Å². The van der Waals surface area contributed by atoms with Crippen molar-refractivity contribution in [3.05, 3.63) is 52.2 Å². The zero-order valence-corrected chi connectivity index (χ0v) is 15.7. The third kappa shape index (κ3) is 4.46. The van der Waals surface area contributed by atoms with Crippen LogP contribution in [-0.2, 0) is 11.3 Å². The van der Waals surface area contributed by atoms with Crippen LogP contribution in [-0.4, -0.2) is 64.8 Å². The van der Waals surface area contributed by atoms with E-state index >= 15 is 0 Å². The minimum absolute atomic E-state index is 0.0165. The first-order valence-corrected chi connectivity index (χ1v) is 9.07. The highest BCUT2D eigenvalue weighted by Gasteiger charge is 2.23. The molecule has 8 nitrogen and oxygen atoms in total. The van der Waals surface area contributed by atoms with Gasteiger partial charge in [-0.1, -0.05) is 18.2 Å². The SMILES string of the molecule is CC(=O)N1CCCN(C)CCN(C(=O)c2c[nH]c(=O)[nH]2)Cc2ccccc21. The molecule has 3 rings (SSSR count). The molecule has 0 saturated heterocycles. The topological polar surface area (TPSA) is 92.5 Å². The van der Waals surface area contributed by atoms with Crippen LogP contribution in [0.1, 0.15) is 29.4 Å². The average Bonchev–Trinajstić information content (AvgIpc) is 3.06. The Hall–Kier alpha value is -2.87. The number of hydrogen-bond donors (Lipinski definition) is 2. The second kappa shape index (κ2) is 8.22. The number of likely N-dealkylation sites (N-methyl/N-ethyl adjacent to an activating group) is 1.